The molecule has 1 aliphatic rings. The molecule has 1 fully saturated rings. The number of aromatic nitrogens is 1. The van der Waals surface area contributed by atoms with Crippen molar-refractivity contribution in [3.05, 3.63) is 52.6 Å². The summed E-state index contributed by atoms with van der Waals surface area (Å²) in [5.74, 6) is 0.737. The zero-order chi connectivity index (χ0) is 22.7. The van der Waals surface area contributed by atoms with Crippen LogP contribution in [0.1, 0.15) is 33.5 Å². The SMILES string of the molecule is COc1ccc(C)c2sc(N(CCCN3CCOCC3)C(=O)c3ccc(C)cc3C)nc12. The van der Waals surface area contributed by atoms with E-state index in [1.807, 2.05) is 43.0 Å². The number of nitrogens with zero attached hydrogens (tertiary/aromatic N) is 3. The third kappa shape index (κ3) is 4.80. The second-order valence-corrected chi connectivity index (χ2v) is 9.32. The van der Waals surface area contributed by atoms with E-state index < -0.39 is 0 Å². The standard InChI is InChI=1S/C25H31N3O3S/c1-17-6-8-20(19(3)16-17)24(29)28(11-5-10-27-12-14-31-15-13-27)25-26-22-21(30-4)9-7-18(2)23(22)32-25/h6-9,16H,5,10-15H2,1-4H3. The van der Waals surface area contributed by atoms with Crippen LogP contribution < -0.4 is 9.64 Å². The van der Waals surface area contributed by atoms with Crippen LogP contribution in [-0.4, -0.2) is 62.3 Å². The molecule has 0 saturated carbocycles. The van der Waals surface area contributed by atoms with E-state index in [1.165, 1.54) is 0 Å². The van der Waals surface area contributed by atoms with Gasteiger partial charge in [-0.25, -0.2) is 4.98 Å². The number of hydrogen-bond donors (Lipinski definition) is 0. The van der Waals surface area contributed by atoms with Gasteiger partial charge in [-0.1, -0.05) is 35.1 Å². The molecule has 1 amide bonds. The van der Waals surface area contributed by atoms with E-state index in [0.29, 0.717) is 6.54 Å². The number of methoxy groups -OCH3 is 1. The highest BCUT2D eigenvalue weighted by atomic mass is 32.1. The fourth-order valence-corrected chi connectivity index (χ4v) is 5.21. The second kappa shape index (κ2) is 9.98. The summed E-state index contributed by atoms with van der Waals surface area (Å²) in [4.78, 5) is 22.8. The van der Waals surface area contributed by atoms with E-state index in [9.17, 15) is 4.79 Å². The minimum atomic E-state index is 0.000142. The summed E-state index contributed by atoms with van der Waals surface area (Å²) in [7, 11) is 1.66. The molecule has 3 aromatic rings. The number of aryl methyl sites for hydroxylation is 3. The molecule has 2 heterocycles. The number of carbonyl (C=O) groups excluding carboxylic acids is 1. The Morgan fingerprint density at radius 3 is 2.66 bits per heavy atom. The number of anilines is 1. The molecule has 0 bridgehead atoms. The Morgan fingerprint density at radius 2 is 1.94 bits per heavy atom. The lowest BCUT2D eigenvalue weighted by atomic mass is 10.0. The molecule has 0 atom stereocenters. The Kier molecular flexibility index (Phi) is 7.08. The number of fused-ring (bicyclic) bond motifs is 1. The Labute approximate surface area is 193 Å². The van der Waals surface area contributed by atoms with Gasteiger partial charge in [0.2, 0.25) is 0 Å². The predicted molar refractivity (Wildman–Crippen MR) is 130 cm³/mol. The number of morpholine rings is 1. The van der Waals surface area contributed by atoms with Gasteiger partial charge in [-0.2, -0.15) is 0 Å². The predicted octanol–water partition coefficient (Wildman–Crippen LogP) is 4.60. The molecule has 0 aliphatic carbocycles. The van der Waals surface area contributed by atoms with Crippen molar-refractivity contribution in [1.29, 1.82) is 0 Å². The number of carbonyl (C=O) groups is 1. The largest absolute Gasteiger partial charge is 0.494 e. The highest BCUT2D eigenvalue weighted by molar-refractivity contribution is 7.22. The molecule has 1 aromatic heterocycles. The van der Waals surface area contributed by atoms with Crippen LogP contribution in [0.3, 0.4) is 0 Å². The van der Waals surface area contributed by atoms with Crippen LogP contribution in [0, 0.1) is 20.8 Å². The van der Waals surface area contributed by atoms with E-state index in [0.717, 1.165) is 82.6 Å². The third-order valence-electron chi connectivity index (χ3n) is 5.96. The van der Waals surface area contributed by atoms with Crippen LogP contribution in [0.15, 0.2) is 30.3 Å². The topological polar surface area (TPSA) is 54.9 Å². The van der Waals surface area contributed by atoms with E-state index in [-0.39, 0.29) is 5.91 Å². The average Bonchev–Trinajstić information content (AvgIpc) is 3.23. The van der Waals surface area contributed by atoms with Gasteiger partial charge >= 0.3 is 0 Å². The Balaban J connectivity index is 1.65. The molecule has 170 valence electrons. The number of benzene rings is 2. The summed E-state index contributed by atoms with van der Waals surface area (Å²) < 4.78 is 12.1. The van der Waals surface area contributed by atoms with Gasteiger partial charge in [0.25, 0.3) is 5.91 Å². The molecular weight excluding hydrogens is 422 g/mol. The summed E-state index contributed by atoms with van der Waals surface area (Å²) in [5, 5.41) is 0.722. The van der Waals surface area contributed by atoms with Crippen molar-refractivity contribution in [2.75, 3.05) is 51.4 Å². The van der Waals surface area contributed by atoms with Crippen molar-refractivity contribution in [2.45, 2.75) is 27.2 Å². The summed E-state index contributed by atoms with van der Waals surface area (Å²) in [6, 6.07) is 9.97. The normalized spacial score (nSPS) is 14.6. The first-order chi connectivity index (χ1) is 15.5. The fourth-order valence-electron chi connectivity index (χ4n) is 4.14. The molecule has 32 heavy (non-hydrogen) atoms. The monoisotopic (exact) mass is 453 g/mol. The molecule has 0 unspecified atom stereocenters. The van der Waals surface area contributed by atoms with Crippen LogP contribution in [0.4, 0.5) is 5.13 Å². The van der Waals surface area contributed by atoms with Gasteiger partial charge in [0.1, 0.15) is 11.3 Å². The maximum absolute atomic E-state index is 13.7. The first-order valence-electron chi connectivity index (χ1n) is 11.1. The molecular formula is C25H31N3O3S. The van der Waals surface area contributed by atoms with E-state index in [4.69, 9.17) is 14.5 Å². The number of ether oxygens (including phenoxy) is 2. The molecule has 4 rings (SSSR count). The van der Waals surface area contributed by atoms with Gasteiger partial charge in [0.15, 0.2) is 5.13 Å². The van der Waals surface area contributed by atoms with Crippen molar-refractivity contribution < 1.29 is 14.3 Å². The minimum Gasteiger partial charge on any atom is -0.494 e. The van der Waals surface area contributed by atoms with Gasteiger partial charge < -0.3 is 9.47 Å². The Hall–Kier alpha value is -2.48. The Bertz CT molecular complexity index is 1110. The van der Waals surface area contributed by atoms with E-state index >= 15 is 0 Å². The Morgan fingerprint density at radius 1 is 1.16 bits per heavy atom. The highest BCUT2D eigenvalue weighted by Gasteiger charge is 2.24. The molecule has 6 nitrogen and oxygen atoms in total. The summed E-state index contributed by atoms with van der Waals surface area (Å²) in [5.41, 5.74) is 4.82. The smallest absolute Gasteiger partial charge is 0.260 e. The van der Waals surface area contributed by atoms with Gasteiger partial charge in [-0.05, 0) is 50.5 Å². The van der Waals surface area contributed by atoms with Crippen molar-refractivity contribution in [3.63, 3.8) is 0 Å². The van der Waals surface area contributed by atoms with Crippen molar-refractivity contribution in [1.82, 2.24) is 9.88 Å². The molecule has 0 spiro atoms. The maximum Gasteiger partial charge on any atom is 0.260 e. The number of amides is 1. The zero-order valence-electron chi connectivity index (χ0n) is 19.3. The number of rotatable bonds is 7. The zero-order valence-corrected chi connectivity index (χ0v) is 20.1. The average molecular weight is 454 g/mol. The molecule has 2 aromatic carbocycles. The van der Waals surface area contributed by atoms with Gasteiger partial charge in [0, 0.05) is 31.7 Å². The van der Waals surface area contributed by atoms with Crippen molar-refractivity contribution >= 4 is 32.6 Å². The molecule has 1 aliphatic heterocycles. The second-order valence-electron chi connectivity index (χ2n) is 8.34. The van der Waals surface area contributed by atoms with Crippen LogP contribution in [0.25, 0.3) is 10.2 Å². The lowest BCUT2D eigenvalue weighted by molar-refractivity contribution is 0.0376. The van der Waals surface area contributed by atoms with Gasteiger partial charge in [-0.3, -0.25) is 14.6 Å². The highest BCUT2D eigenvalue weighted by Crippen LogP contribution is 2.37. The summed E-state index contributed by atoms with van der Waals surface area (Å²) in [6.07, 6.45) is 0.878. The first-order valence-corrected chi connectivity index (χ1v) is 11.9. The molecule has 0 N–H and O–H groups in total. The van der Waals surface area contributed by atoms with Crippen molar-refractivity contribution in [2.24, 2.45) is 0 Å². The summed E-state index contributed by atoms with van der Waals surface area (Å²) in [6.45, 7) is 11.1. The van der Waals surface area contributed by atoms with Gasteiger partial charge in [0.05, 0.1) is 25.0 Å². The first kappa shape index (κ1) is 22.7. The van der Waals surface area contributed by atoms with Crippen LogP contribution in [0.5, 0.6) is 5.75 Å². The van der Waals surface area contributed by atoms with Crippen LogP contribution in [-0.2, 0) is 4.74 Å². The molecule has 0 radical (unpaired) electrons. The number of thiazole rings is 1. The lowest BCUT2D eigenvalue weighted by Crippen LogP contribution is -2.39. The molecule has 1 saturated heterocycles. The third-order valence-corrected chi connectivity index (χ3v) is 7.17. The van der Waals surface area contributed by atoms with Gasteiger partial charge in [-0.15, -0.1) is 0 Å². The lowest BCUT2D eigenvalue weighted by Gasteiger charge is -2.28. The van der Waals surface area contributed by atoms with Crippen LogP contribution in [0.2, 0.25) is 0 Å². The number of hydrogen-bond acceptors (Lipinski definition) is 6. The fraction of sp³-hybridized carbons (Fsp3) is 0.440. The summed E-state index contributed by atoms with van der Waals surface area (Å²) >= 11 is 1.56. The van der Waals surface area contributed by atoms with E-state index in [2.05, 4.69) is 17.9 Å². The molecule has 7 heteroatoms. The quantitative estimate of drug-likeness (QED) is 0.523. The van der Waals surface area contributed by atoms with E-state index in [1.54, 1.807) is 18.4 Å². The van der Waals surface area contributed by atoms with Crippen molar-refractivity contribution in [3.8, 4) is 5.75 Å². The maximum atomic E-state index is 13.7. The van der Waals surface area contributed by atoms with Crippen LogP contribution >= 0.6 is 11.3 Å². The minimum absolute atomic E-state index is 0.000142.